The molecule has 7 nitrogen and oxygen atoms in total. The van der Waals surface area contributed by atoms with E-state index in [9.17, 15) is 14.7 Å². The average Bonchev–Trinajstić information content (AvgIpc) is 2.77. The van der Waals surface area contributed by atoms with Gasteiger partial charge in [-0.05, 0) is 13.0 Å². The van der Waals surface area contributed by atoms with Gasteiger partial charge in [-0.25, -0.2) is 4.79 Å². The summed E-state index contributed by atoms with van der Waals surface area (Å²) in [5, 5.41) is 18.3. The van der Waals surface area contributed by atoms with Crippen molar-refractivity contribution in [2.75, 3.05) is 13.2 Å². The molecule has 1 aliphatic heterocycles. The number of nitrogens with one attached hydrogen (secondary N) is 2. The molecule has 1 fully saturated rings. The van der Waals surface area contributed by atoms with Crippen LogP contribution in [0.2, 0.25) is 0 Å². The summed E-state index contributed by atoms with van der Waals surface area (Å²) in [5.74, 6) is -1.52. The summed E-state index contributed by atoms with van der Waals surface area (Å²) in [6, 6.07) is 1.57. The first-order valence-corrected chi connectivity index (χ1v) is 5.69. The molecule has 2 rings (SSSR count). The maximum absolute atomic E-state index is 11.9. The Bertz CT molecular complexity index is 463. The molecule has 0 aromatic carbocycles. The SMILES string of the molecule is Cc1cc(C(=O)NC2(C(=O)O)CCOCC2)n[nH]1. The molecule has 1 amide bonds. The number of rotatable bonds is 3. The number of aromatic amines is 1. The highest BCUT2D eigenvalue weighted by molar-refractivity contribution is 5.96. The molecule has 1 aliphatic rings. The van der Waals surface area contributed by atoms with Crippen LogP contribution in [0.1, 0.15) is 29.0 Å². The average molecular weight is 253 g/mol. The van der Waals surface area contributed by atoms with Gasteiger partial charge in [-0.3, -0.25) is 9.89 Å². The molecule has 1 aromatic rings. The third kappa shape index (κ3) is 2.35. The molecule has 98 valence electrons. The van der Waals surface area contributed by atoms with Gasteiger partial charge in [0.15, 0.2) is 0 Å². The maximum atomic E-state index is 11.9. The van der Waals surface area contributed by atoms with Crippen LogP contribution in [-0.2, 0) is 9.53 Å². The molecule has 0 radical (unpaired) electrons. The Balaban J connectivity index is 2.14. The molecule has 3 N–H and O–H groups in total. The highest BCUT2D eigenvalue weighted by atomic mass is 16.5. The van der Waals surface area contributed by atoms with E-state index in [2.05, 4.69) is 15.5 Å². The topological polar surface area (TPSA) is 104 Å². The molecule has 1 aromatic heterocycles. The van der Waals surface area contributed by atoms with Crippen LogP contribution in [0, 0.1) is 6.92 Å². The van der Waals surface area contributed by atoms with Gasteiger partial charge < -0.3 is 15.2 Å². The summed E-state index contributed by atoms with van der Waals surface area (Å²) in [6.45, 7) is 2.42. The lowest BCUT2D eigenvalue weighted by Gasteiger charge is -2.33. The number of carbonyl (C=O) groups is 2. The number of hydrogen-bond acceptors (Lipinski definition) is 4. The van der Waals surface area contributed by atoms with E-state index < -0.39 is 17.4 Å². The molecule has 1 saturated heterocycles. The predicted molar refractivity (Wildman–Crippen MR) is 61.2 cm³/mol. The van der Waals surface area contributed by atoms with Crippen LogP contribution in [0.5, 0.6) is 0 Å². The Hall–Kier alpha value is -1.89. The number of nitrogens with zero attached hydrogens (tertiary/aromatic N) is 1. The molecule has 0 atom stereocenters. The number of hydrogen-bond donors (Lipinski definition) is 3. The van der Waals surface area contributed by atoms with Gasteiger partial charge in [0.05, 0.1) is 0 Å². The van der Waals surface area contributed by atoms with Gasteiger partial charge in [0.2, 0.25) is 0 Å². The van der Waals surface area contributed by atoms with Crippen molar-refractivity contribution in [1.29, 1.82) is 0 Å². The quantitative estimate of drug-likeness (QED) is 0.707. The van der Waals surface area contributed by atoms with E-state index in [1.165, 1.54) is 0 Å². The zero-order valence-electron chi connectivity index (χ0n) is 10.0. The number of aryl methyl sites for hydroxylation is 1. The minimum absolute atomic E-state index is 0.194. The van der Waals surface area contributed by atoms with Gasteiger partial charge in [0, 0.05) is 31.7 Å². The summed E-state index contributed by atoms with van der Waals surface area (Å²) in [7, 11) is 0. The smallest absolute Gasteiger partial charge is 0.329 e. The zero-order valence-corrected chi connectivity index (χ0v) is 10.0. The number of carboxylic acid groups (broad SMARTS) is 1. The maximum Gasteiger partial charge on any atom is 0.329 e. The van der Waals surface area contributed by atoms with Crippen molar-refractivity contribution >= 4 is 11.9 Å². The molecule has 0 saturated carbocycles. The number of carbonyl (C=O) groups excluding carboxylic acids is 1. The van der Waals surface area contributed by atoms with Crippen molar-refractivity contribution in [3.05, 3.63) is 17.5 Å². The highest BCUT2D eigenvalue weighted by Crippen LogP contribution is 2.21. The Morgan fingerprint density at radius 3 is 2.67 bits per heavy atom. The molecule has 7 heteroatoms. The normalized spacial score (nSPS) is 18.3. The number of ether oxygens (including phenoxy) is 1. The second-order valence-electron chi connectivity index (χ2n) is 4.39. The van der Waals surface area contributed by atoms with Gasteiger partial charge in [-0.2, -0.15) is 5.10 Å². The largest absolute Gasteiger partial charge is 0.480 e. The van der Waals surface area contributed by atoms with E-state index in [1.807, 2.05) is 0 Å². The van der Waals surface area contributed by atoms with Crippen molar-refractivity contribution in [2.45, 2.75) is 25.3 Å². The van der Waals surface area contributed by atoms with E-state index in [1.54, 1.807) is 13.0 Å². The van der Waals surface area contributed by atoms with Gasteiger partial charge in [0.1, 0.15) is 11.2 Å². The zero-order chi connectivity index (χ0) is 13.2. The Labute approximate surface area is 104 Å². The third-order valence-corrected chi connectivity index (χ3v) is 3.05. The van der Waals surface area contributed by atoms with Crippen LogP contribution < -0.4 is 5.32 Å². The third-order valence-electron chi connectivity index (χ3n) is 3.05. The van der Waals surface area contributed by atoms with Crippen molar-refractivity contribution in [1.82, 2.24) is 15.5 Å². The minimum atomic E-state index is -1.25. The van der Waals surface area contributed by atoms with E-state index in [0.717, 1.165) is 5.69 Å². The first kappa shape index (κ1) is 12.6. The monoisotopic (exact) mass is 253 g/mol. The Kier molecular flexibility index (Phi) is 3.33. The summed E-state index contributed by atoms with van der Waals surface area (Å²) >= 11 is 0. The Morgan fingerprint density at radius 1 is 1.50 bits per heavy atom. The van der Waals surface area contributed by atoms with Gasteiger partial charge in [-0.15, -0.1) is 0 Å². The Morgan fingerprint density at radius 2 is 2.17 bits per heavy atom. The fourth-order valence-electron chi connectivity index (χ4n) is 1.93. The van der Waals surface area contributed by atoms with Crippen LogP contribution in [-0.4, -0.2) is 45.9 Å². The minimum Gasteiger partial charge on any atom is -0.480 e. The van der Waals surface area contributed by atoms with Crippen LogP contribution in [0.3, 0.4) is 0 Å². The summed E-state index contributed by atoms with van der Waals surface area (Å²) in [5.41, 5.74) is -0.307. The molecule has 2 heterocycles. The lowest BCUT2D eigenvalue weighted by atomic mass is 9.90. The van der Waals surface area contributed by atoms with Gasteiger partial charge >= 0.3 is 5.97 Å². The lowest BCUT2D eigenvalue weighted by molar-refractivity contribution is -0.148. The fourth-order valence-corrected chi connectivity index (χ4v) is 1.93. The predicted octanol–water partition coefficient (Wildman–Crippen LogP) is 0.0817. The van der Waals surface area contributed by atoms with Crippen LogP contribution in [0.4, 0.5) is 0 Å². The van der Waals surface area contributed by atoms with Crippen molar-refractivity contribution in [2.24, 2.45) is 0 Å². The molecule has 0 bridgehead atoms. The van der Waals surface area contributed by atoms with Gasteiger partial charge in [-0.1, -0.05) is 0 Å². The number of aromatic nitrogens is 2. The van der Waals surface area contributed by atoms with E-state index in [4.69, 9.17) is 4.74 Å². The van der Waals surface area contributed by atoms with Crippen molar-refractivity contribution in [3.8, 4) is 0 Å². The number of aliphatic carboxylic acids is 1. The van der Waals surface area contributed by atoms with Gasteiger partial charge in [0.25, 0.3) is 5.91 Å². The molecular weight excluding hydrogens is 238 g/mol. The summed E-state index contributed by atoms with van der Waals surface area (Å²) in [6.07, 6.45) is 0.523. The fraction of sp³-hybridized carbons (Fsp3) is 0.545. The van der Waals surface area contributed by atoms with E-state index in [0.29, 0.717) is 13.2 Å². The standard InChI is InChI=1S/C11H15N3O4/c1-7-6-8(14-13-7)9(15)12-11(10(16)17)2-4-18-5-3-11/h6H,2-5H2,1H3,(H,12,15)(H,13,14)(H,16,17). The summed E-state index contributed by atoms with van der Waals surface area (Å²) < 4.78 is 5.13. The molecule has 18 heavy (non-hydrogen) atoms. The van der Waals surface area contributed by atoms with Crippen LogP contribution in [0.15, 0.2) is 6.07 Å². The number of H-pyrrole nitrogens is 1. The molecule has 0 spiro atoms. The van der Waals surface area contributed by atoms with Crippen LogP contribution >= 0.6 is 0 Å². The van der Waals surface area contributed by atoms with Crippen LogP contribution in [0.25, 0.3) is 0 Å². The highest BCUT2D eigenvalue weighted by Gasteiger charge is 2.42. The number of amides is 1. The first-order chi connectivity index (χ1) is 8.53. The second kappa shape index (κ2) is 4.77. The van der Waals surface area contributed by atoms with E-state index in [-0.39, 0.29) is 18.5 Å². The molecule has 0 aliphatic carbocycles. The van der Waals surface area contributed by atoms with Crippen molar-refractivity contribution < 1.29 is 19.4 Å². The van der Waals surface area contributed by atoms with Crippen molar-refractivity contribution in [3.63, 3.8) is 0 Å². The lowest BCUT2D eigenvalue weighted by Crippen LogP contribution is -2.57. The summed E-state index contributed by atoms with van der Waals surface area (Å²) in [4.78, 5) is 23.3. The molecule has 0 unspecified atom stereocenters. The molecular formula is C11H15N3O4. The second-order valence-corrected chi connectivity index (χ2v) is 4.39. The first-order valence-electron chi connectivity index (χ1n) is 5.69. The van der Waals surface area contributed by atoms with E-state index >= 15 is 0 Å². The number of carboxylic acids is 1.